The number of nitrogens with one attached hydrogen (secondary N) is 2. The van der Waals surface area contributed by atoms with Gasteiger partial charge in [0.15, 0.2) is 10.3 Å². The van der Waals surface area contributed by atoms with Crippen LogP contribution in [0.4, 0.5) is 5.13 Å². The maximum Gasteiger partial charge on any atom is 0.260 e. The maximum absolute atomic E-state index is 12.9. The van der Waals surface area contributed by atoms with E-state index in [9.17, 15) is 9.59 Å². The molecule has 6 nitrogen and oxygen atoms in total. The minimum Gasteiger partial charge on any atom is -0.301 e. The molecule has 0 atom stereocenters. The van der Waals surface area contributed by atoms with Gasteiger partial charge in [-0.3, -0.25) is 9.59 Å². The molecule has 5 rings (SSSR count). The summed E-state index contributed by atoms with van der Waals surface area (Å²) in [5.74, 6) is 0.382. The van der Waals surface area contributed by atoms with E-state index in [-0.39, 0.29) is 17.2 Å². The van der Waals surface area contributed by atoms with Crippen molar-refractivity contribution in [2.75, 3.05) is 11.1 Å². The van der Waals surface area contributed by atoms with Crippen molar-refractivity contribution in [3.8, 4) is 11.1 Å². The molecule has 172 valence electrons. The molecule has 0 unspecified atom stereocenters. The van der Waals surface area contributed by atoms with Gasteiger partial charge in [0, 0.05) is 10.9 Å². The zero-order chi connectivity index (χ0) is 23.8. The Morgan fingerprint density at radius 3 is 2.71 bits per heavy atom. The number of aromatic amines is 1. The number of aryl methyl sites for hydroxylation is 1. The standard InChI is InChI=1S/C25H22N4O2S3/c1-13(2)15-5-7-16(8-6-15)17-11-32-23-21(17)22(31)28-24(29-23)33-12-20(30)27-25-26-18-10-14(3)4-9-19(18)34-25/h4-11,13H,12H2,1-3H3,(H,26,27,30)(H,28,29,31). The van der Waals surface area contributed by atoms with Gasteiger partial charge in [0.25, 0.3) is 5.56 Å². The third kappa shape index (κ3) is 4.64. The van der Waals surface area contributed by atoms with E-state index >= 15 is 0 Å². The van der Waals surface area contributed by atoms with E-state index in [2.05, 4.69) is 46.2 Å². The number of aromatic nitrogens is 3. The second-order valence-corrected chi connectivity index (χ2v) is 11.2. The van der Waals surface area contributed by atoms with E-state index in [0.717, 1.165) is 26.9 Å². The Morgan fingerprint density at radius 2 is 1.94 bits per heavy atom. The largest absolute Gasteiger partial charge is 0.301 e. The fourth-order valence-corrected chi connectivity index (χ4v) is 6.17. The fourth-order valence-electron chi connectivity index (χ4n) is 3.64. The lowest BCUT2D eigenvalue weighted by molar-refractivity contribution is -0.113. The topological polar surface area (TPSA) is 87.7 Å². The molecule has 2 aromatic carbocycles. The molecule has 2 N–H and O–H groups in total. The second kappa shape index (κ2) is 9.32. The average molecular weight is 507 g/mol. The van der Waals surface area contributed by atoms with Gasteiger partial charge in [0.2, 0.25) is 5.91 Å². The van der Waals surface area contributed by atoms with Gasteiger partial charge >= 0.3 is 0 Å². The summed E-state index contributed by atoms with van der Waals surface area (Å²) in [4.78, 5) is 37.9. The lowest BCUT2D eigenvalue weighted by Crippen LogP contribution is -2.15. The Bertz CT molecular complexity index is 1570. The summed E-state index contributed by atoms with van der Waals surface area (Å²) in [5.41, 5.74) is 4.93. The van der Waals surface area contributed by atoms with Crippen molar-refractivity contribution >= 4 is 65.9 Å². The lowest BCUT2D eigenvalue weighted by Gasteiger charge is -2.06. The zero-order valence-corrected chi connectivity index (χ0v) is 21.3. The lowest BCUT2D eigenvalue weighted by atomic mass is 9.99. The molecule has 0 aliphatic carbocycles. The molecule has 0 saturated heterocycles. The minimum atomic E-state index is -0.196. The first-order chi connectivity index (χ1) is 16.4. The molecule has 0 saturated carbocycles. The van der Waals surface area contributed by atoms with E-state index in [1.807, 2.05) is 42.6 Å². The van der Waals surface area contributed by atoms with E-state index < -0.39 is 0 Å². The number of anilines is 1. The summed E-state index contributed by atoms with van der Waals surface area (Å²) in [6.45, 7) is 6.32. The van der Waals surface area contributed by atoms with Crippen LogP contribution in [0.25, 0.3) is 31.6 Å². The van der Waals surface area contributed by atoms with Gasteiger partial charge in [0.1, 0.15) is 4.83 Å². The fraction of sp³-hybridized carbons (Fsp3) is 0.200. The number of thioether (sulfide) groups is 1. The Kier molecular flexibility index (Phi) is 6.24. The van der Waals surface area contributed by atoms with Crippen LogP contribution in [0.2, 0.25) is 0 Å². The number of hydrogen-bond donors (Lipinski definition) is 2. The quantitative estimate of drug-likeness (QED) is 0.205. The Balaban J connectivity index is 1.30. The van der Waals surface area contributed by atoms with Gasteiger partial charge in [-0.1, -0.05) is 67.3 Å². The van der Waals surface area contributed by atoms with Crippen LogP contribution in [0.5, 0.6) is 0 Å². The van der Waals surface area contributed by atoms with Gasteiger partial charge in [0.05, 0.1) is 21.4 Å². The number of H-pyrrole nitrogens is 1. The number of benzene rings is 2. The molecule has 0 bridgehead atoms. The SMILES string of the molecule is Cc1ccc2sc(NC(=O)CSc3nc4scc(-c5ccc(C(C)C)cc5)c4c(=O)[nH]3)nc2c1. The van der Waals surface area contributed by atoms with E-state index in [1.54, 1.807) is 0 Å². The van der Waals surface area contributed by atoms with Crippen LogP contribution in [0.3, 0.4) is 0 Å². The first-order valence-corrected chi connectivity index (χ1v) is 13.5. The zero-order valence-electron chi connectivity index (χ0n) is 18.8. The number of amides is 1. The smallest absolute Gasteiger partial charge is 0.260 e. The van der Waals surface area contributed by atoms with Crippen molar-refractivity contribution < 1.29 is 4.79 Å². The first-order valence-electron chi connectivity index (χ1n) is 10.8. The molecule has 9 heteroatoms. The molecule has 0 spiro atoms. The molecule has 0 fully saturated rings. The molecule has 0 radical (unpaired) electrons. The highest BCUT2D eigenvalue weighted by Gasteiger charge is 2.15. The summed E-state index contributed by atoms with van der Waals surface area (Å²) < 4.78 is 1.03. The van der Waals surface area contributed by atoms with Gasteiger partial charge in [-0.2, -0.15) is 0 Å². The van der Waals surface area contributed by atoms with Crippen molar-refractivity contribution in [2.24, 2.45) is 0 Å². The van der Waals surface area contributed by atoms with Crippen LogP contribution >= 0.6 is 34.4 Å². The molecule has 0 aliphatic rings. The van der Waals surface area contributed by atoms with Crippen molar-refractivity contribution in [3.63, 3.8) is 0 Å². The molecule has 0 aliphatic heterocycles. The van der Waals surface area contributed by atoms with Crippen LogP contribution < -0.4 is 10.9 Å². The first kappa shape index (κ1) is 22.8. The van der Waals surface area contributed by atoms with E-state index in [0.29, 0.717) is 26.4 Å². The molecule has 5 aromatic rings. The Labute approximate surface area is 208 Å². The van der Waals surface area contributed by atoms with Crippen LogP contribution in [0.15, 0.2) is 57.8 Å². The summed E-state index contributed by atoms with van der Waals surface area (Å²) in [6, 6.07) is 14.3. The van der Waals surface area contributed by atoms with Gasteiger partial charge in [-0.25, -0.2) is 9.97 Å². The predicted octanol–water partition coefficient (Wildman–Crippen LogP) is 6.42. The predicted molar refractivity (Wildman–Crippen MR) is 143 cm³/mol. The Morgan fingerprint density at radius 1 is 1.15 bits per heavy atom. The molecule has 34 heavy (non-hydrogen) atoms. The number of thiazole rings is 1. The second-order valence-electron chi connectivity index (χ2n) is 8.30. The molecule has 1 amide bonds. The summed E-state index contributed by atoms with van der Waals surface area (Å²) in [5, 5.41) is 6.38. The van der Waals surface area contributed by atoms with Crippen molar-refractivity contribution in [3.05, 3.63) is 69.3 Å². The number of fused-ring (bicyclic) bond motifs is 2. The van der Waals surface area contributed by atoms with Crippen molar-refractivity contribution in [1.82, 2.24) is 15.0 Å². The third-order valence-electron chi connectivity index (χ3n) is 5.44. The minimum absolute atomic E-state index is 0.123. The summed E-state index contributed by atoms with van der Waals surface area (Å²) >= 11 is 4.07. The number of thiophene rings is 1. The van der Waals surface area contributed by atoms with Gasteiger partial charge in [-0.05, 0) is 41.7 Å². The van der Waals surface area contributed by atoms with E-state index in [1.165, 1.54) is 40.0 Å². The summed E-state index contributed by atoms with van der Waals surface area (Å²) in [6.07, 6.45) is 0. The summed E-state index contributed by atoms with van der Waals surface area (Å²) in [7, 11) is 0. The molecule has 3 heterocycles. The van der Waals surface area contributed by atoms with Crippen molar-refractivity contribution in [1.29, 1.82) is 0 Å². The van der Waals surface area contributed by atoms with Gasteiger partial charge in [-0.15, -0.1) is 11.3 Å². The third-order valence-corrected chi connectivity index (χ3v) is 8.14. The van der Waals surface area contributed by atoms with E-state index in [4.69, 9.17) is 0 Å². The van der Waals surface area contributed by atoms with Crippen LogP contribution in [0, 0.1) is 6.92 Å². The van der Waals surface area contributed by atoms with Crippen LogP contribution in [0.1, 0.15) is 30.9 Å². The number of hydrogen-bond acceptors (Lipinski definition) is 7. The van der Waals surface area contributed by atoms with Crippen LogP contribution in [-0.4, -0.2) is 26.6 Å². The average Bonchev–Trinajstić information content (AvgIpc) is 3.41. The number of rotatable bonds is 6. The highest BCUT2D eigenvalue weighted by Crippen LogP contribution is 2.32. The maximum atomic E-state index is 12.9. The normalized spacial score (nSPS) is 11.5. The Hall–Kier alpha value is -3.01. The highest BCUT2D eigenvalue weighted by molar-refractivity contribution is 7.99. The number of nitrogens with zero attached hydrogens (tertiary/aromatic N) is 2. The molecular weight excluding hydrogens is 485 g/mol. The highest BCUT2D eigenvalue weighted by atomic mass is 32.2. The van der Waals surface area contributed by atoms with Crippen LogP contribution in [-0.2, 0) is 4.79 Å². The number of carbonyl (C=O) groups is 1. The molecular formula is C25H22N4O2S3. The molecule has 3 aromatic heterocycles. The number of carbonyl (C=O) groups excluding carboxylic acids is 1. The monoisotopic (exact) mass is 506 g/mol. The van der Waals surface area contributed by atoms with Gasteiger partial charge < -0.3 is 10.3 Å². The van der Waals surface area contributed by atoms with Crippen molar-refractivity contribution in [2.45, 2.75) is 31.8 Å².